The third-order valence-electron chi connectivity index (χ3n) is 4.01. The van der Waals surface area contributed by atoms with Crippen molar-refractivity contribution in [3.8, 4) is 0 Å². The second-order valence-electron chi connectivity index (χ2n) is 5.85. The van der Waals surface area contributed by atoms with Crippen molar-refractivity contribution in [3.05, 3.63) is 29.3 Å². The minimum Gasteiger partial charge on any atom is -0.442 e. The highest BCUT2D eigenvalue weighted by Crippen LogP contribution is 2.28. The standard InChI is InChI=1S/C15H18N2O4S2/c1-10(22)16-7-14-8-17(15(18)21-14)13-3-2-12-9-23(19,20)5-4-11(12)6-13/h2-3,6,14H,4-5,7-9H2,1H3,(H,16,22)/t14-/m0/s1. The van der Waals surface area contributed by atoms with Gasteiger partial charge >= 0.3 is 6.09 Å². The maximum absolute atomic E-state index is 12.0. The predicted molar refractivity (Wildman–Crippen MR) is 91.5 cm³/mol. The molecule has 3 rings (SSSR count). The molecule has 0 spiro atoms. The van der Waals surface area contributed by atoms with E-state index in [-0.39, 0.29) is 23.7 Å². The van der Waals surface area contributed by atoms with Crippen molar-refractivity contribution in [1.29, 1.82) is 0 Å². The molecule has 2 aliphatic rings. The maximum Gasteiger partial charge on any atom is 0.414 e. The monoisotopic (exact) mass is 354 g/mol. The van der Waals surface area contributed by atoms with E-state index in [1.54, 1.807) is 24.0 Å². The number of benzene rings is 1. The van der Waals surface area contributed by atoms with Crippen LogP contribution in [0.3, 0.4) is 0 Å². The Hall–Kier alpha value is -1.67. The SMILES string of the molecule is CC(=S)NC[C@H]1CN(c2ccc3c(c2)CCS(=O)(=O)C3)C(=O)O1. The molecule has 6 nitrogen and oxygen atoms in total. The lowest BCUT2D eigenvalue weighted by atomic mass is 10.0. The van der Waals surface area contributed by atoms with E-state index in [4.69, 9.17) is 17.0 Å². The first-order chi connectivity index (χ1) is 10.8. The highest BCUT2D eigenvalue weighted by molar-refractivity contribution is 7.90. The summed E-state index contributed by atoms with van der Waals surface area (Å²) in [5.74, 6) is 0.238. The molecule has 2 aliphatic heterocycles. The molecule has 1 atom stereocenters. The first kappa shape index (κ1) is 16.2. The fraction of sp³-hybridized carbons (Fsp3) is 0.467. The number of cyclic esters (lactones) is 1. The van der Waals surface area contributed by atoms with Crippen LogP contribution in [0.25, 0.3) is 0 Å². The Kier molecular flexibility index (Phi) is 4.29. The van der Waals surface area contributed by atoms with Gasteiger partial charge in [0.15, 0.2) is 9.84 Å². The molecule has 2 heterocycles. The van der Waals surface area contributed by atoms with E-state index in [1.807, 2.05) is 6.07 Å². The zero-order valence-corrected chi connectivity index (χ0v) is 14.4. The Bertz CT molecular complexity index is 761. The Morgan fingerprint density at radius 1 is 1.43 bits per heavy atom. The number of fused-ring (bicyclic) bond motifs is 1. The molecule has 1 N–H and O–H groups in total. The van der Waals surface area contributed by atoms with E-state index >= 15 is 0 Å². The van der Waals surface area contributed by atoms with E-state index in [1.165, 1.54) is 0 Å². The Morgan fingerprint density at radius 2 is 2.22 bits per heavy atom. The van der Waals surface area contributed by atoms with Gasteiger partial charge in [-0.05, 0) is 36.6 Å². The van der Waals surface area contributed by atoms with Crippen LogP contribution in [0.4, 0.5) is 10.5 Å². The number of aryl methyl sites for hydroxylation is 1. The number of sulfone groups is 1. The third kappa shape index (κ3) is 3.64. The van der Waals surface area contributed by atoms with Crippen LogP contribution in [0.15, 0.2) is 18.2 Å². The van der Waals surface area contributed by atoms with E-state index in [2.05, 4.69) is 5.32 Å². The van der Waals surface area contributed by atoms with Gasteiger partial charge in [0, 0.05) is 5.69 Å². The summed E-state index contributed by atoms with van der Waals surface area (Å²) in [4.78, 5) is 14.3. The number of carbonyl (C=O) groups is 1. The average molecular weight is 354 g/mol. The first-order valence-electron chi connectivity index (χ1n) is 7.39. The molecular formula is C15H18N2O4S2. The molecule has 1 fully saturated rings. The van der Waals surface area contributed by atoms with Gasteiger partial charge in [-0.15, -0.1) is 0 Å². The lowest BCUT2D eigenvalue weighted by Crippen LogP contribution is -2.32. The summed E-state index contributed by atoms with van der Waals surface area (Å²) in [5.41, 5.74) is 2.55. The van der Waals surface area contributed by atoms with Crippen molar-refractivity contribution in [2.75, 3.05) is 23.7 Å². The number of hydrogen-bond donors (Lipinski definition) is 1. The van der Waals surface area contributed by atoms with Crippen LogP contribution < -0.4 is 10.2 Å². The quantitative estimate of drug-likeness (QED) is 0.828. The van der Waals surface area contributed by atoms with Crippen LogP contribution in [-0.2, 0) is 26.7 Å². The minimum atomic E-state index is -2.99. The van der Waals surface area contributed by atoms with Gasteiger partial charge < -0.3 is 10.1 Å². The Morgan fingerprint density at radius 3 is 2.96 bits per heavy atom. The number of nitrogens with zero attached hydrogens (tertiary/aromatic N) is 1. The number of amides is 1. The average Bonchev–Trinajstić information content (AvgIpc) is 2.85. The van der Waals surface area contributed by atoms with Gasteiger partial charge in [0.1, 0.15) is 6.10 Å². The predicted octanol–water partition coefficient (Wildman–Crippen LogP) is 1.42. The van der Waals surface area contributed by atoms with Crippen molar-refractivity contribution in [1.82, 2.24) is 5.32 Å². The number of rotatable bonds is 3. The highest BCUT2D eigenvalue weighted by atomic mass is 32.2. The maximum atomic E-state index is 12.0. The van der Waals surface area contributed by atoms with Gasteiger partial charge in [0.05, 0.1) is 29.6 Å². The van der Waals surface area contributed by atoms with Gasteiger partial charge in [0.2, 0.25) is 0 Å². The molecule has 1 aromatic carbocycles. The van der Waals surface area contributed by atoms with Crippen molar-refractivity contribution in [2.45, 2.75) is 25.2 Å². The highest BCUT2D eigenvalue weighted by Gasteiger charge is 2.33. The van der Waals surface area contributed by atoms with Crippen LogP contribution in [0.1, 0.15) is 18.1 Å². The molecular weight excluding hydrogens is 336 g/mol. The summed E-state index contributed by atoms with van der Waals surface area (Å²) < 4.78 is 28.7. The van der Waals surface area contributed by atoms with Gasteiger partial charge in [-0.25, -0.2) is 13.2 Å². The summed E-state index contributed by atoms with van der Waals surface area (Å²) in [7, 11) is -2.99. The normalized spacial score (nSPS) is 22.4. The van der Waals surface area contributed by atoms with Gasteiger partial charge in [-0.3, -0.25) is 4.90 Å². The molecule has 0 radical (unpaired) electrons. The van der Waals surface area contributed by atoms with E-state index in [0.717, 1.165) is 16.8 Å². The van der Waals surface area contributed by atoms with Gasteiger partial charge in [0.25, 0.3) is 0 Å². The number of thiocarbonyl (C=S) groups is 1. The summed E-state index contributed by atoms with van der Waals surface area (Å²) >= 11 is 4.95. The molecule has 23 heavy (non-hydrogen) atoms. The summed E-state index contributed by atoms with van der Waals surface area (Å²) in [6.45, 7) is 2.72. The second-order valence-corrected chi connectivity index (χ2v) is 8.64. The molecule has 0 saturated carbocycles. The van der Waals surface area contributed by atoms with Gasteiger partial charge in [-0.2, -0.15) is 0 Å². The Balaban J connectivity index is 1.75. The summed E-state index contributed by atoms with van der Waals surface area (Å²) in [6.07, 6.45) is -0.150. The number of hydrogen-bond acceptors (Lipinski definition) is 5. The fourth-order valence-electron chi connectivity index (χ4n) is 2.82. The molecule has 1 amide bonds. The fourth-order valence-corrected chi connectivity index (χ4v) is 4.34. The van der Waals surface area contributed by atoms with Crippen LogP contribution >= 0.6 is 12.2 Å². The van der Waals surface area contributed by atoms with Gasteiger partial charge in [-0.1, -0.05) is 18.3 Å². The molecule has 8 heteroatoms. The molecule has 0 aliphatic carbocycles. The van der Waals surface area contributed by atoms with Crippen molar-refractivity contribution in [3.63, 3.8) is 0 Å². The smallest absolute Gasteiger partial charge is 0.414 e. The van der Waals surface area contributed by atoms with E-state index in [9.17, 15) is 13.2 Å². The zero-order valence-electron chi connectivity index (χ0n) is 12.7. The number of ether oxygens (including phenoxy) is 1. The van der Waals surface area contributed by atoms with Crippen LogP contribution in [0, 0.1) is 0 Å². The van der Waals surface area contributed by atoms with E-state index < -0.39 is 9.84 Å². The number of carbonyl (C=O) groups excluding carboxylic acids is 1. The zero-order chi connectivity index (χ0) is 16.6. The van der Waals surface area contributed by atoms with Crippen LogP contribution in [0.5, 0.6) is 0 Å². The molecule has 0 aromatic heterocycles. The summed E-state index contributed by atoms with van der Waals surface area (Å²) in [5, 5.41) is 3.00. The van der Waals surface area contributed by atoms with E-state index in [0.29, 0.717) is 24.5 Å². The molecule has 0 bridgehead atoms. The third-order valence-corrected chi connectivity index (χ3v) is 5.73. The van der Waals surface area contributed by atoms with Crippen molar-refractivity contribution < 1.29 is 17.9 Å². The topological polar surface area (TPSA) is 75.7 Å². The first-order valence-corrected chi connectivity index (χ1v) is 9.62. The molecule has 0 unspecified atom stereocenters. The van der Waals surface area contributed by atoms with Crippen molar-refractivity contribution >= 4 is 38.8 Å². The summed E-state index contributed by atoms with van der Waals surface area (Å²) in [6, 6.07) is 5.47. The largest absolute Gasteiger partial charge is 0.442 e. The molecule has 1 aromatic rings. The second kappa shape index (κ2) is 6.09. The lowest BCUT2D eigenvalue weighted by Gasteiger charge is -2.20. The Labute approximate surface area is 140 Å². The van der Waals surface area contributed by atoms with Crippen molar-refractivity contribution in [2.24, 2.45) is 0 Å². The van der Waals surface area contributed by atoms with Crippen LogP contribution in [0.2, 0.25) is 0 Å². The number of anilines is 1. The minimum absolute atomic E-state index is 0.0769. The molecule has 124 valence electrons. The number of nitrogens with one attached hydrogen (secondary N) is 1. The lowest BCUT2D eigenvalue weighted by molar-refractivity contribution is 0.143. The van der Waals surface area contributed by atoms with Crippen LogP contribution in [-0.4, -0.2) is 44.4 Å². The molecule has 1 saturated heterocycles.